The molecule has 0 radical (unpaired) electrons. The third kappa shape index (κ3) is 5.48. The number of nitrogens with zero attached hydrogens (tertiary/aromatic N) is 2. The minimum atomic E-state index is -0.312. The molecule has 0 bridgehead atoms. The zero-order valence-electron chi connectivity index (χ0n) is 21.3. The molecule has 1 aromatic carbocycles. The normalized spacial score (nSPS) is 15.7. The second-order valence-corrected chi connectivity index (χ2v) is 11.8. The maximum atomic E-state index is 12.9. The molecule has 4 rings (SSSR count). The molecule has 1 N–H and O–H groups in total. The molecule has 1 aliphatic carbocycles. The number of thiophene rings is 1. The van der Waals surface area contributed by atoms with E-state index in [9.17, 15) is 10.1 Å². The molecule has 0 spiro atoms. The number of benzene rings is 1. The van der Waals surface area contributed by atoms with E-state index >= 15 is 0 Å². The summed E-state index contributed by atoms with van der Waals surface area (Å²) in [6.45, 7) is 8.96. The molecule has 0 fully saturated rings. The van der Waals surface area contributed by atoms with Crippen molar-refractivity contribution in [1.29, 1.82) is 5.26 Å². The Balaban J connectivity index is 1.63. The number of thiazole rings is 1. The highest BCUT2D eigenvalue weighted by molar-refractivity contribution is 7.16. The van der Waals surface area contributed by atoms with Crippen molar-refractivity contribution in [3.63, 3.8) is 0 Å². The van der Waals surface area contributed by atoms with Crippen LogP contribution in [0.5, 0.6) is 5.75 Å². The van der Waals surface area contributed by atoms with Gasteiger partial charge in [-0.25, -0.2) is 9.78 Å². The van der Waals surface area contributed by atoms with Gasteiger partial charge in [-0.1, -0.05) is 32.9 Å². The van der Waals surface area contributed by atoms with Gasteiger partial charge in [0.25, 0.3) is 0 Å². The maximum absolute atomic E-state index is 12.9. The molecule has 1 atom stereocenters. The number of ether oxygens (including phenoxy) is 2. The number of allylic oxidation sites excluding steroid dienone is 1. The van der Waals surface area contributed by atoms with Crippen molar-refractivity contribution in [3.05, 3.63) is 56.9 Å². The largest absolute Gasteiger partial charge is 0.497 e. The number of anilines is 1. The first-order valence-corrected chi connectivity index (χ1v) is 13.7. The van der Waals surface area contributed by atoms with Gasteiger partial charge in [-0.2, -0.15) is 5.26 Å². The van der Waals surface area contributed by atoms with Crippen LogP contribution in [-0.2, 0) is 17.6 Å². The maximum Gasteiger partial charge on any atom is 0.341 e. The number of nitrogens with one attached hydrogen (secondary N) is 1. The fourth-order valence-electron chi connectivity index (χ4n) is 4.44. The molecular weight excluding hydrogens is 490 g/mol. The number of carbonyl (C=O) groups is 1. The van der Waals surface area contributed by atoms with Gasteiger partial charge in [0.15, 0.2) is 0 Å². The number of esters is 1. The van der Waals surface area contributed by atoms with Crippen LogP contribution in [0.3, 0.4) is 0 Å². The molecule has 0 amide bonds. The van der Waals surface area contributed by atoms with Crippen molar-refractivity contribution in [1.82, 2.24) is 4.98 Å². The highest BCUT2D eigenvalue weighted by Gasteiger charge is 2.34. The van der Waals surface area contributed by atoms with E-state index in [0.29, 0.717) is 28.7 Å². The highest BCUT2D eigenvalue weighted by Crippen LogP contribution is 2.44. The summed E-state index contributed by atoms with van der Waals surface area (Å²) in [5, 5.41) is 16.4. The SMILES string of the molecule is CCOC(=O)c1c(N/C=C(/C#N)c2nc(-c3cccc(OC)c3)cs2)sc2c1CC[C@H](C(C)(C)C)C2. The molecule has 3 aromatic rings. The van der Waals surface area contributed by atoms with Gasteiger partial charge in [-0.3, -0.25) is 0 Å². The highest BCUT2D eigenvalue weighted by atomic mass is 32.1. The summed E-state index contributed by atoms with van der Waals surface area (Å²) < 4.78 is 10.7. The van der Waals surface area contributed by atoms with Gasteiger partial charge >= 0.3 is 5.97 Å². The summed E-state index contributed by atoms with van der Waals surface area (Å²) in [6.07, 6.45) is 4.50. The van der Waals surface area contributed by atoms with E-state index in [1.54, 1.807) is 24.6 Å². The molecular formula is C28H31N3O3S2. The molecule has 36 heavy (non-hydrogen) atoms. The Bertz CT molecular complexity index is 1320. The van der Waals surface area contributed by atoms with Gasteiger partial charge in [0.2, 0.25) is 0 Å². The molecule has 1 aliphatic rings. The first-order chi connectivity index (χ1) is 17.2. The van der Waals surface area contributed by atoms with Gasteiger partial charge in [-0.05, 0) is 55.2 Å². The summed E-state index contributed by atoms with van der Waals surface area (Å²) in [5.41, 5.74) is 4.01. The standard InChI is InChI=1S/C28H31N3O3S2/c1-6-34-27(32)24-21-11-10-19(28(2,3)4)13-23(21)36-26(24)30-15-18(14-29)25-31-22(16-35-25)17-8-7-9-20(12-17)33-5/h7-9,12,15-16,19,30H,6,10-11,13H2,1-5H3/b18-15-/t19-/m0/s1. The van der Waals surface area contributed by atoms with E-state index in [2.05, 4.69) is 37.1 Å². The molecule has 188 valence electrons. The van der Waals surface area contributed by atoms with Crippen LogP contribution in [-0.4, -0.2) is 24.7 Å². The van der Waals surface area contributed by atoms with Crippen LogP contribution in [0.25, 0.3) is 16.8 Å². The van der Waals surface area contributed by atoms with Crippen molar-refractivity contribution in [2.75, 3.05) is 19.0 Å². The topological polar surface area (TPSA) is 84.2 Å². The fraction of sp³-hybridized carbons (Fsp3) is 0.393. The molecule has 0 saturated heterocycles. The molecule has 2 aromatic heterocycles. The minimum absolute atomic E-state index is 0.207. The average molecular weight is 522 g/mol. The van der Waals surface area contributed by atoms with Crippen LogP contribution in [0.4, 0.5) is 5.00 Å². The summed E-state index contributed by atoms with van der Waals surface area (Å²) in [4.78, 5) is 18.8. The first kappa shape index (κ1) is 25.9. The van der Waals surface area contributed by atoms with E-state index in [4.69, 9.17) is 9.47 Å². The van der Waals surface area contributed by atoms with Gasteiger partial charge in [0, 0.05) is 22.0 Å². The Labute approximate surface area is 220 Å². The lowest BCUT2D eigenvalue weighted by Gasteiger charge is -2.33. The number of fused-ring (bicyclic) bond motifs is 1. The average Bonchev–Trinajstić information content (AvgIpc) is 3.49. The quantitative estimate of drug-likeness (QED) is 0.262. The molecule has 0 saturated carbocycles. The zero-order chi connectivity index (χ0) is 25.9. The lowest BCUT2D eigenvalue weighted by Crippen LogP contribution is -2.26. The number of hydrogen-bond donors (Lipinski definition) is 1. The first-order valence-electron chi connectivity index (χ1n) is 12.0. The minimum Gasteiger partial charge on any atom is -0.497 e. The summed E-state index contributed by atoms with van der Waals surface area (Å²) in [5.74, 6) is 0.997. The Hall–Kier alpha value is -3.15. The van der Waals surface area contributed by atoms with E-state index in [-0.39, 0.29) is 11.4 Å². The van der Waals surface area contributed by atoms with E-state index in [1.165, 1.54) is 16.2 Å². The summed E-state index contributed by atoms with van der Waals surface area (Å²) in [7, 11) is 1.63. The van der Waals surface area contributed by atoms with E-state index in [0.717, 1.165) is 46.8 Å². The fourth-order valence-corrected chi connectivity index (χ4v) is 6.52. The number of aromatic nitrogens is 1. The molecule has 2 heterocycles. The van der Waals surface area contributed by atoms with Crippen LogP contribution >= 0.6 is 22.7 Å². The Morgan fingerprint density at radius 3 is 2.86 bits per heavy atom. The summed E-state index contributed by atoms with van der Waals surface area (Å²) >= 11 is 3.00. The number of rotatable bonds is 7. The van der Waals surface area contributed by atoms with Crippen LogP contribution in [0.15, 0.2) is 35.8 Å². The third-order valence-electron chi connectivity index (χ3n) is 6.54. The molecule has 8 heteroatoms. The number of hydrogen-bond acceptors (Lipinski definition) is 8. The molecule has 0 aliphatic heterocycles. The summed E-state index contributed by atoms with van der Waals surface area (Å²) in [6, 6.07) is 9.92. The Kier molecular flexibility index (Phi) is 7.82. The lowest BCUT2D eigenvalue weighted by molar-refractivity contribution is 0.0526. The predicted octanol–water partition coefficient (Wildman–Crippen LogP) is 7.18. The second kappa shape index (κ2) is 10.9. The third-order valence-corrected chi connectivity index (χ3v) is 8.60. The van der Waals surface area contributed by atoms with Gasteiger partial charge in [-0.15, -0.1) is 22.7 Å². The van der Waals surface area contributed by atoms with Crippen LogP contribution in [0.2, 0.25) is 0 Å². The van der Waals surface area contributed by atoms with Crippen molar-refractivity contribution >= 4 is 39.2 Å². The van der Waals surface area contributed by atoms with Crippen molar-refractivity contribution in [2.45, 2.75) is 47.0 Å². The van der Waals surface area contributed by atoms with Gasteiger partial charge in [0.1, 0.15) is 27.4 Å². The number of methoxy groups -OCH3 is 1. The van der Waals surface area contributed by atoms with Crippen LogP contribution in [0, 0.1) is 22.7 Å². The van der Waals surface area contributed by atoms with Crippen LogP contribution < -0.4 is 10.1 Å². The molecule has 0 unspecified atom stereocenters. The van der Waals surface area contributed by atoms with Crippen LogP contribution in [0.1, 0.15) is 59.9 Å². The second-order valence-electron chi connectivity index (χ2n) is 9.82. The van der Waals surface area contributed by atoms with E-state index < -0.39 is 0 Å². The number of nitriles is 1. The predicted molar refractivity (Wildman–Crippen MR) is 147 cm³/mol. The van der Waals surface area contributed by atoms with Crippen molar-refractivity contribution in [2.24, 2.45) is 11.3 Å². The Morgan fingerprint density at radius 2 is 2.17 bits per heavy atom. The van der Waals surface area contributed by atoms with Gasteiger partial charge < -0.3 is 14.8 Å². The van der Waals surface area contributed by atoms with Crippen molar-refractivity contribution in [3.8, 4) is 23.1 Å². The van der Waals surface area contributed by atoms with Crippen molar-refractivity contribution < 1.29 is 14.3 Å². The smallest absolute Gasteiger partial charge is 0.341 e. The van der Waals surface area contributed by atoms with E-state index in [1.807, 2.05) is 36.6 Å². The van der Waals surface area contributed by atoms with Gasteiger partial charge in [0.05, 0.1) is 25.0 Å². The number of carbonyl (C=O) groups excluding carboxylic acids is 1. The monoisotopic (exact) mass is 521 g/mol. The zero-order valence-corrected chi connectivity index (χ0v) is 22.9. The molecule has 6 nitrogen and oxygen atoms in total. The lowest BCUT2D eigenvalue weighted by atomic mass is 9.72. The Morgan fingerprint density at radius 1 is 1.36 bits per heavy atom.